The van der Waals surface area contributed by atoms with Gasteiger partial charge < -0.3 is 9.64 Å². The average molecular weight is 275 g/mol. The highest BCUT2D eigenvalue weighted by Crippen LogP contribution is 2.50. The van der Waals surface area contributed by atoms with Gasteiger partial charge in [-0.15, -0.1) is 0 Å². The largest absolute Gasteiger partial charge is 0.369 e. The van der Waals surface area contributed by atoms with Crippen molar-refractivity contribution in [2.24, 2.45) is 0 Å². The van der Waals surface area contributed by atoms with Gasteiger partial charge in [0.2, 0.25) is 0 Å². The van der Waals surface area contributed by atoms with Gasteiger partial charge in [0.15, 0.2) is 5.69 Å². The summed E-state index contributed by atoms with van der Waals surface area (Å²) in [5.74, 6) is 0.124. The lowest BCUT2D eigenvalue weighted by Gasteiger charge is -2.27. The number of amides is 1. The van der Waals surface area contributed by atoms with Crippen LogP contribution in [-0.2, 0) is 11.2 Å². The molecule has 20 heavy (non-hydrogen) atoms. The van der Waals surface area contributed by atoms with Crippen LogP contribution in [0.2, 0.25) is 0 Å². The average Bonchev–Trinajstić information content (AvgIpc) is 2.85. The Labute approximate surface area is 118 Å². The molecule has 1 saturated heterocycles. The third kappa shape index (κ3) is 1.65. The molecule has 1 spiro atoms. The first-order valence-corrected chi connectivity index (χ1v) is 7.65. The molecule has 4 rings (SSSR count). The van der Waals surface area contributed by atoms with E-state index in [-0.39, 0.29) is 23.7 Å². The summed E-state index contributed by atoms with van der Waals surface area (Å²) in [5.41, 5.74) is 2.88. The van der Waals surface area contributed by atoms with Gasteiger partial charge >= 0.3 is 0 Å². The number of carbonyl (C=O) groups excluding carboxylic acids is 1. The SMILES string of the molecule is C[C@@H]1Cc2c(C(=O)N3CCCC34CC4)n[nH]c2[C@H](C)O1. The van der Waals surface area contributed by atoms with Crippen LogP contribution in [0.15, 0.2) is 0 Å². The van der Waals surface area contributed by atoms with Gasteiger partial charge in [0.05, 0.1) is 17.9 Å². The number of ether oxygens (including phenoxy) is 1. The number of aromatic amines is 1. The summed E-state index contributed by atoms with van der Waals surface area (Å²) < 4.78 is 5.79. The zero-order chi connectivity index (χ0) is 13.9. The lowest BCUT2D eigenvalue weighted by Crippen LogP contribution is -2.38. The van der Waals surface area contributed by atoms with E-state index in [4.69, 9.17) is 4.74 Å². The quantitative estimate of drug-likeness (QED) is 0.854. The topological polar surface area (TPSA) is 58.2 Å². The van der Waals surface area contributed by atoms with Gasteiger partial charge in [0, 0.05) is 24.1 Å². The molecule has 1 aromatic rings. The molecule has 0 unspecified atom stereocenters. The summed E-state index contributed by atoms with van der Waals surface area (Å²) in [7, 11) is 0. The minimum atomic E-state index is -0.00346. The van der Waals surface area contributed by atoms with Crippen LogP contribution in [0.5, 0.6) is 0 Å². The van der Waals surface area contributed by atoms with Gasteiger partial charge in [0.25, 0.3) is 5.91 Å². The Morgan fingerprint density at radius 2 is 2.20 bits per heavy atom. The molecule has 2 aliphatic heterocycles. The van der Waals surface area contributed by atoms with Crippen molar-refractivity contribution >= 4 is 5.91 Å². The summed E-state index contributed by atoms with van der Waals surface area (Å²) in [6.07, 6.45) is 5.56. The van der Waals surface area contributed by atoms with E-state index < -0.39 is 0 Å². The Morgan fingerprint density at radius 1 is 1.40 bits per heavy atom. The van der Waals surface area contributed by atoms with Crippen LogP contribution in [0.25, 0.3) is 0 Å². The molecule has 1 N–H and O–H groups in total. The van der Waals surface area contributed by atoms with E-state index in [1.165, 1.54) is 19.3 Å². The predicted octanol–water partition coefficient (Wildman–Crippen LogP) is 2.20. The molecule has 0 bridgehead atoms. The van der Waals surface area contributed by atoms with Crippen LogP contribution in [0.1, 0.15) is 67.4 Å². The molecule has 0 aromatic carbocycles. The highest BCUT2D eigenvalue weighted by molar-refractivity contribution is 5.95. The van der Waals surface area contributed by atoms with Crippen LogP contribution in [0.3, 0.4) is 0 Å². The fourth-order valence-corrected chi connectivity index (χ4v) is 3.90. The van der Waals surface area contributed by atoms with Crippen molar-refractivity contribution in [1.82, 2.24) is 15.1 Å². The minimum Gasteiger partial charge on any atom is -0.369 e. The van der Waals surface area contributed by atoms with E-state index in [0.717, 1.165) is 30.6 Å². The van der Waals surface area contributed by atoms with Gasteiger partial charge in [-0.05, 0) is 39.5 Å². The van der Waals surface area contributed by atoms with E-state index in [1.54, 1.807) is 0 Å². The number of hydrogen-bond donors (Lipinski definition) is 1. The molecule has 1 amide bonds. The highest BCUT2D eigenvalue weighted by atomic mass is 16.5. The molecule has 1 aliphatic carbocycles. The molecule has 1 saturated carbocycles. The molecular weight excluding hydrogens is 254 g/mol. The fourth-order valence-electron chi connectivity index (χ4n) is 3.90. The number of rotatable bonds is 1. The smallest absolute Gasteiger partial charge is 0.275 e. The normalized spacial score (nSPS) is 30.6. The van der Waals surface area contributed by atoms with E-state index in [9.17, 15) is 4.79 Å². The van der Waals surface area contributed by atoms with E-state index in [0.29, 0.717) is 5.69 Å². The van der Waals surface area contributed by atoms with E-state index in [1.807, 2.05) is 6.92 Å². The van der Waals surface area contributed by atoms with E-state index in [2.05, 4.69) is 22.0 Å². The summed E-state index contributed by atoms with van der Waals surface area (Å²) in [5, 5.41) is 7.35. The lowest BCUT2D eigenvalue weighted by atomic mass is 9.99. The molecule has 3 heterocycles. The molecule has 2 fully saturated rings. The molecular formula is C15H21N3O2. The summed E-state index contributed by atoms with van der Waals surface area (Å²) in [6, 6.07) is 0. The Hall–Kier alpha value is -1.36. The van der Waals surface area contributed by atoms with Crippen LogP contribution in [-0.4, -0.2) is 39.2 Å². The third-order valence-corrected chi connectivity index (χ3v) is 5.10. The molecule has 5 heteroatoms. The summed E-state index contributed by atoms with van der Waals surface area (Å²) in [4.78, 5) is 14.9. The summed E-state index contributed by atoms with van der Waals surface area (Å²) in [6.45, 7) is 4.96. The van der Waals surface area contributed by atoms with Crippen molar-refractivity contribution in [3.05, 3.63) is 17.0 Å². The second-order valence-corrected chi connectivity index (χ2v) is 6.54. The van der Waals surface area contributed by atoms with Gasteiger partial charge in [-0.3, -0.25) is 9.89 Å². The maximum absolute atomic E-state index is 12.9. The highest BCUT2D eigenvalue weighted by Gasteiger charge is 2.53. The van der Waals surface area contributed by atoms with Gasteiger partial charge in [-0.2, -0.15) is 5.10 Å². The Bertz CT molecular complexity index is 561. The first kappa shape index (κ1) is 12.4. The lowest BCUT2D eigenvalue weighted by molar-refractivity contribution is -0.00702. The Kier molecular flexibility index (Phi) is 2.52. The monoisotopic (exact) mass is 275 g/mol. The molecule has 2 atom stereocenters. The van der Waals surface area contributed by atoms with Crippen molar-refractivity contribution in [2.45, 2.75) is 63.7 Å². The van der Waals surface area contributed by atoms with Gasteiger partial charge in [-0.1, -0.05) is 0 Å². The van der Waals surface area contributed by atoms with Crippen molar-refractivity contribution < 1.29 is 9.53 Å². The first-order valence-electron chi connectivity index (χ1n) is 7.65. The zero-order valence-corrected chi connectivity index (χ0v) is 12.1. The standard InChI is InChI=1S/C15H21N3O2/c1-9-8-11-12(10(2)20-9)16-17-13(11)14(19)18-7-3-4-15(18)5-6-15/h9-10H,3-8H2,1-2H3,(H,16,17)/t9-,10+/m1/s1. The first-order chi connectivity index (χ1) is 9.61. The van der Waals surface area contributed by atoms with Crippen LogP contribution >= 0.6 is 0 Å². The second kappa shape index (κ2) is 4.07. The molecule has 5 nitrogen and oxygen atoms in total. The minimum absolute atomic E-state index is 0.00346. The van der Waals surface area contributed by atoms with Crippen molar-refractivity contribution in [3.63, 3.8) is 0 Å². The van der Waals surface area contributed by atoms with Gasteiger partial charge in [0.1, 0.15) is 0 Å². The number of hydrogen-bond acceptors (Lipinski definition) is 3. The third-order valence-electron chi connectivity index (χ3n) is 5.10. The maximum Gasteiger partial charge on any atom is 0.275 e. The molecule has 1 aromatic heterocycles. The van der Waals surface area contributed by atoms with Crippen LogP contribution in [0, 0.1) is 0 Å². The molecule has 0 radical (unpaired) electrons. The number of H-pyrrole nitrogens is 1. The number of nitrogens with zero attached hydrogens (tertiary/aromatic N) is 2. The van der Waals surface area contributed by atoms with E-state index >= 15 is 0 Å². The molecule has 3 aliphatic rings. The van der Waals surface area contributed by atoms with Gasteiger partial charge in [-0.25, -0.2) is 0 Å². The number of nitrogens with one attached hydrogen (secondary N) is 1. The number of aromatic nitrogens is 2. The van der Waals surface area contributed by atoms with Crippen molar-refractivity contribution in [3.8, 4) is 0 Å². The number of likely N-dealkylation sites (tertiary alicyclic amines) is 1. The summed E-state index contributed by atoms with van der Waals surface area (Å²) >= 11 is 0. The Morgan fingerprint density at radius 3 is 2.95 bits per heavy atom. The fraction of sp³-hybridized carbons (Fsp3) is 0.733. The van der Waals surface area contributed by atoms with Crippen LogP contribution < -0.4 is 0 Å². The van der Waals surface area contributed by atoms with Crippen molar-refractivity contribution in [2.75, 3.05) is 6.54 Å². The van der Waals surface area contributed by atoms with Crippen LogP contribution in [0.4, 0.5) is 0 Å². The zero-order valence-electron chi connectivity index (χ0n) is 12.1. The number of carbonyl (C=O) groups is 1. The molecule has 108 valence electrons. The maximum atomic E-state index is 12.9. The van der Waals surface area contributed by atoms with Crippen molar-refractivity contribution in [1.29, 1.82) is 0 Å². The predicted molar refractivity (Wildman–Crippen MR) is 73.5 cm³/mol. The number of fused-ring (bicyclic) bond motifs is 1. The Balaban J connectivity index is 1.68. The second-order valence-electron chi connectivity index (χ2n) is 6.54.